The van der Waals surface area contributed by atoms with Crippen molar-refractivity contribution < 1.29 is 22.7 Å². The van der Waals surface area contributed by atoms with Crippen molar-refractivity contribution in [1.82, 2.24) is 5.32 Å². The number of benzene rings is 1. The minimum atomic E-state index is -4.72. The van der Waals surface area contributed by atoms with Crippen LogP contribution in [-0.2, 0) is 11.3 Å². The minimum Gasteiger partial charge on any atom is -0.405 e. The Balaban J connectivity index is 2.56. The van der Waals surface area contributed by atoms with E-state index in [1.54, 1.807) is 6.07 Å². The first-order chi connectivity index (χ1) is 8.38. The van der Waals surface area contributed by atoms with E-state index in [1.165, 1.54) is 18.2 Å². The number of rotatable bonds is 6. The Kier molecular flexibility index (Phi) is 4.96. The third-order valence-corrected chi connectivity index (χ3v) is 2.06. The summed E-state index contributed by atoms with van der Waals surface area (Å²) < 4.78 is 40.2. The molecule has 0 aliphatic rings. The number of halogens is 3. The van der Waals surface area contributed by atoms with Crippen LogP contribution >= 0.6 is 0 Å². The Morgan fingerprint density at radius 1 is 1.33 bits per heavy atom. The standard InChI is InChI=1S/C11H13F3N2O2/c12-11(13,14)18-9-4-2-1-3-8(9)7-16-6-5-10(15)17/h1-4,16H,5-7H2,(H2,15,17). The fourth-order valence-electron chi connectivity index (χ4n) is 1.31. The van der Waals surface area contributed by atoms with Crippen LogP contribution in [0.25, 0.3) is 0 Å². The fourth-order valence-corrected chi connectivity index (χ4v) is 1.31. The van der Waals surface area contributed by atoms with Gasteiger partial charge in [0.15, 0.2) is 0 Å². The van der Waals surface area contributed by atoms with Crippen LogP contribution in [0.15, 0.2) is 24.3 Å². The number of hydrogen-bond acceptors (Lipinski definition) is 3. The van der Waals surface area contributed by atoms with Gasteiger partial charge in [-0.2, -0.15) is 0 Å². The second-order valence-electron chi connectivity index (χ2n) is 3.55. The van der Waals surface area contributed by atoms with E-state index < -0.39 is 12.3 Å². The number of alkyl halides is 3. The number of ether oxygens (including phenoxy) is 1. The predicted molar refractivity (Wildman–Crippen MR) is 58.6 cm³/mol. The third-order valence-electron chi connectivity index (χ3n) is 2.06. The first kappa shape index (κ1) is 14.3. The van der Waals surface area contributed by atoms with Gasteiger partial charge in [-0.05, 0) is 6.07 Å². The van der Waals surface area contributed by atoms with Crippen molar-refractivity contribution >= 4 is 5.91 Å². The summed E-state index contributed by atoms with van der Waals surface area (Å²) in [5, 5.41) is 2.81. The first-order valence-electron chi connectivity index (χ1n) is 5.21. The maximum Gasteiger partial charge on any atom is 0.573 e. The van der Waals surface area contributed by atoms with E-state index in [2.05, 4.69) is 10.1 Å². The smallest absolute Gasteiger partial charge is 0.405 e. The third kappa shape index (κ3) is 5.53. The molecule has 0 spiro atoms. The van der Waals surface area contributed by atoms with Crippen molar-refractivity contribution in [3.63, 3.8) is 0 Å². The number of nitrogens with two attached hydrogens (primary N) is 1. The predicted octanol–water partition coefficient (Wildman–Crippen LogP) is 1.55. The lowest BCUT2D eigenvalue weighted by Gasteiger charge is -2.13. The lowest BCUT2D eigenvalue weighted by Crippen LogP contribution is -2.23. The highest BCUT2D eigenvalue weighted by atomic mass is 19.4. The van der Waals surface area contributed by atoms with Gasteiger partial charge < -0.3 is 15.8 Å². The molecule has 0 atom stereocenters. The van der Waals surface area contributed by atoms with Crippen LogP contribution in [0.1, 0.15) is 12.0 Å². The van der Waals surface area contributed by atoms with Gasteiger partial charge in [-0.3, -0.25) is 4.79 Å². The van der Waals surface area contributed by atoms with Crippen molar-refractivity contribution in [3.05, 3.63) is 29.8 Å². The molecule has 0 aliphatic carbocycles. The summed E-state index contributed by atoms with van der Waals surface area (Å²) >= 11 is 0. The van der Waals surface area contributed by atoms with E-state index in [1.807, 2.05) is 0 Å². The highest BCUT2D eigenvalue weighted by molar-refractivity contribution is 5.73. The van der Waals surface area contributed by atoms with Crippen LogP contribution < -0.4 is 15.8 Å². The molecule has 100 valence electrons. The van der Waals surface area contributed by atoms with Gasteiger partial charge in [0.05, 0.1) is 0 Å². The average molecular weight is 262 g/mol. The number of amides is 1. The van der Waals surface area contributed by atoms with Gasteiger partial charge in [0.1, 0.15) is 5.75 Å². The molecule has 0 saturated heterocycles. The summed E-state index contributed by atoms with van der Waals surface area (Å²) in [5.41, 5.74) is 5.29. The zero-order valence-electron chi connectivity index (χ0n) is 9.46. The molecule has 0 unspecified atom stereocenters. The minimum absolute atomic E-state index is 0.127. The van der Waals surface area contributed by atoms with Gasteiger partial charge in [0, 0.05) is 25.1 Å². The van der Waals surface area contributed by atoms with Crippen molar-refractivity contribution in [2.45, 2.75) is 19.3 Å². The van der Waals surface area contributed by atoms with E-state index >= 15 is 0 Å². The molecular formula is C11H13F3N2O2. The van der Waals surface area contributed by atoms with Gasteiger partial charge in [0.25, 0.3) is 0 Å². The van der Waals surface area contributed by atoms with Gasteiger partial charge in [0.2, 0.25) is 5.91 Å². The summed E-state index contributed by atoms with van der Waals surface area (Å²) in [5.74, 6) is -0.723. The van der Waals surface area contributed by atoms with E-state index in [9.17, 15) is 18.0 Å². The molecule has 0 aliphatic heterocycles. The molecule has 1 aromatic rings. The zero-order chi connectivity index (χ0) is 13.6. The highest BCUT2D eigenvalue weighted by Gasteiger charge is 2.31. The molecule has 0 bridgehead atoms. The Morgan fingerprint density at radius 2 is 2.00 bits per heavy atom. The number of primary amides is 1. The topological polar surface area (TPSA) is 64.4 Å². The summed E-state index contributed by atoms with van der Waals surface area (Å²) in [6.45, 7) is 0.467. The van der Waals surface area contributed by atoms with E-state index in [-0.39, 0.29) is 18.7 Å². The maximum atomic E-state index is 12.1. The molecule has 0 heterocycles. The number of nitrogens with one attached hydrogen (secondary N) is 1. The number of hydrogen-bond donors (Lipinski definition) is 2. The number of carbonyl (C=O) groups is 1. The molecule has 7 heteroatoms. The van der Waals surface area contributed by atoms with Gasteiger partial charge >= 0.3 is 6.36 Å². The summed E-state index contributed by atoms with van der Waals surface area (Å²) in [7, 11) is 0. The quantitative estimate of drug-likeness (QED) is 0.764. The molecule has 3 N–H and O–H groups in total. The number of carbonyl (C=O) groups excluding carboxylic acids is 1. The molecule has 0 radical (unpaired) electrons. The van der Waals surface area contributed by atoms with Crippen molar-refractivity contribution in [2.24, 2.45) is 5.73 Å². The maximum absolute atomic E-state index is 12.1. The molecule has 4 nitrogen and oxygen atoms in total. The Bertz CT molecular complexity index is 408. The van der Waals surface area contributed by atoms with Crippen LogP contribution in [0.5, 0.6) is 5.75 Å². The lowest BCUT2D eigenvalue weighted by atomic mass is 10.2. The van der Waals surface area contributed by atoms with Crippen LogP contribution in [0.3, 0.4) is 0 Å². The SMILES string of the molecule is NC(=O)CCNCc1ccccc1OC(F)(F)F. The lowest BCUT2D eigenvalue weighted by molar-refractivity contribution is -0.274. The van der Waals surface area contributed by atoms with E-state index in [0.29, 0.717) is 12.1 Å². The second kappa shape index (κ2) is 6.25. The van der Waals surface area contributed by atoms with Gasteiger partial charge in [-0.1, -0.05) is 18.2 Å². The van der Waals surface area contributed by atoms with E-state index in [4.69, 9.17) is 5.73 Å². The monoisotopic (exact) mass is 262 g/mol. The molecule has 0 saturated carbocycles. The fraction of sp³-hybridized carbons (Fsp3) is 0.364. The summed E-state index contributed by atoms with van der Waals surface area (Å²) in [6, 6.07) is 5.80. The summed E-state index contributed by atoms with van der Waals surface area (Å²) in [4.78, 5) is 10.5. The molecule has 0 fully saturated rings. The van der Waals surface area contributed by atoms with Crippen molar-refractivity contribution in [2.75, 3.05) is 6.54 Å². The molecule has 1 rings (SSSR count). The Morgan fingerprint density at radius 3 is 2.61 bits per heavy atom. The van der Waals surface area contributed by atoms with Crippen LogP contribution in [0.4, 0.5) is 13.2 Å². The average Bonchev–Trinajstić information content (AvgIpc) is 2.24. The number of para-hydroxylation sites is 1. The largest absolute Gasteiger partial charge is 0.573 e. The Labute approximate surface area is 102 Å². The van der Waals surface area contributed by atoms with Crippen LogP contribution in [-0.4, -0.2) is 18.8 Å². The highest BCUT2D eigenvalue weighted by Crippen LogP contribution is 2.25. The molecule has 0 aromatic heterocycles. The van der Waals surface area contributed by atoms with Crippen LogP contribution in [0.2, 0.25) is 0 Å². The van der Waals surface area contributed by atoms with Gasteiger partial charge in [-0.25, -0.2) is 0 Å². The van der Waals surface area contributed by atoms with Gasteiger partial charge in [-0.15, -0.1) is 13.2 Å². The Hall–Kier alpha value is -1.76. The summed E-state index contributed by atoms with van der Waals surface area (Å²) in [6.07, 6.45) is -4.59. The first-order valence-corrected chi connectivity index (χ1v) is 5.21. The normalized spacial score (nSPS) is 11.3. The molecule has 1 amide bonds. The molecule has 1 aromatic carbocycles. The van der Waals surface area contributed by atoms with Crippen molar-refractivity contribution in [1.29, 1.82) is 0 Å². The van der Waals surface area contributed by atoms with Crippen molar-refractivity contribution in [3.8, 4) is 5.75 Å². The second-order valence-corrected chi connectivity index (χ2v) is 3.55. The molecule has 18 heavy (non-hydrogen) atoms. The molecular weight excluding hydrogens is 249 g/mol. The van der Waals surface area contributed by atoms with Crippen LogP contribution in [0, 0.1) is 0 Å². The van der Waals surface area contributed by atoms with E-state index in [0.717, 1.165) is 0 Å². The zero-order valence-corrected chi connectivity index (χ0v) is 9.46.